The molecule has 5 heterocycles. The van der Waals surface area contributed by atoms with Crippen molar-refractivity contribution in [2.24, 2.45) is 7.05 Å². The van der Waals surface area contributed by atoms with Crippen LogP contribution in [0.25, 0.3) is 11.0 Å². The number of imide groups is 1. The number of hydrogen-bond donors (Lipinski definition) is 1. The Morgan fingerprint density at radius 1 is 1.05 bits per heavy atom. The predicted molar refractivity (Wildman–Crippen MR) is 150 cm³/mol. The van der Waals surface area contributed by atoms with Crippen LogP contribution >= 0.6 is 0 Å². The molecule has 0 saturated carbocycles. The zero-order valence-electron chi connectivity index (χ0n) is 23.5. The maximum absolute atomic E-state index is 13.1. The number of imidazole rings is 1. The van der Waals surface area contributed by atoms with Crippen LogP contribution in [0.5, 0.6) is 0 Å². The largest absolute Gasteiger partial charge is 0.448 e. The number of aryl methyl sites for hydroxylation is 1. The van der Waals surface area contributed by atoms with E-state index in [0.29, 0.717) is 48.4 Å². The number of ether oxygens (including phenoxy) is 2. The van der Waals surface area contributed by atoms with Crippen molar-refractivity contribution in [3.05, 3.63) is 34.2 Å². The molecule has 3 atom stereocenters. The standard InChI is InChI=1S/C30H37N5O6/c1-32-27-20(5-2-8-24(27)35(29(32)38)25-11-12-26(36)31-28(25)37)6-4-18-40-23-13-16-33(17-14-23)30(39)41-19-22-10-9-21-7-3-15-34(21)22/h2,5,8,21-23,25H,3,7,9-19H2,1H3,(H,31,36,37)/t21?,22-,25?/m0/s1. The van der Waals surface area contributed by atoms with Crippen LogP contribution in [0.2, 0.25) is 0 Å². The molecule has 41 heavy (non-hydrogen) atoms. The molecule has 6 rings (SSSR count). The number of benzene rings is 1. The van der Waals surface area contributed by atoms with E-state index in [-0.39, 0.29) is 43.2 Å². The van der Waals surface area contributed by atoms with Crippen molar-refractivity contribution in [3.63, 3.8) is 0 Å². The van der Waals surface area contributed by atoms with E-state index in [9.17, 15) is 19.2 Å². The summed E-state index contributed by atoms with van der Waals surface area (Å²) < 4.78 is 14.6. The van der Waals surface area contributed by atoms with Crippen molar-refractivity contribution in [1.82, 2.24) is 24.3 Å². The van der Waals surface area contributed by atoms with Crippen molar-refractivity contribution in [3.8, 4) is 11.8 Å². The number of carbonyl (C=O) groups is 3. The summed E-state index contributed by atoms with van der Waals surface area (Å²) in [4.78, 5) is 54.0. The number of piperidine rings is 2. The molecule has 4 aliphatic heterocycles. The molecule has 4 fully saturated rings. The van der Waals surface area contributed by atoms with Crippen LogP contribution in [-0.4, -0.2) is 87.9 Å². The Bertz CT molecular complexity index is 1460. The van der Waals surface area contributed by atoms with Crippen molar-refractivity contribution in [2.75, 3.05) is 32.8 Å². The second-order valence-electron chi connectivity index (χ2n) is 11.5. The average Bonchev–Trinajstić information content (AvgIpc) is 3.66. The number of likely N-dealkylation sites (tertiary alicyclic amines) is 1. The van der Waals surface area contributed by atoms with Crippen LogP contribution in [0.1, 0.15) is 63.0 Å². The molecular weight excluding hydrogens is 526 g/mol. The summed E-state index contributed by atoms with van der Waals surface area (Å²) in [6.45, 7) is 3.04. The Morgan fingerprint density at radius 2 is 1.88 bits per heavy atom. The van der Waals surface area contributed by atoms with Gasteiger partial charge in [0, 0.05) is 38.6 Å². The number of fused-ring (bicyclic) bond motifs is 2. The Morgan fingerprint density at radius 3 is 2.68 bits per heavy atom. The lowest BCUT2D eigenvalue weighted by Crippen LogP contribution is -2.44. The smallest absolute Gasteiger partial charge is 0.409 e. The molecule has 1 aromatic heterocycles. The molecule has 0 bridgehead atoms. The van der Waals surface area contributed by atoms with Gasteiger partial charge in [0.25, 0.3) is 0 Å². The van der Waals surface area contributed by atoms with Gasteiger partial charge in [0.2, 0.25) is 11.8 Å². The Balaban J connectivity index is 1.01. The van der Waals surface area contributed by atoms with Crippen LogP contribution in [0, 0.1) is 11.8 Å². The van der Waals surface area contributed by atoms with Gasteiger partial charge < -0.3 is 14.4 Å². The highest BCUT2D eigenvalue weighted by Gasteiger charge is 2.37. The van der Waals surface area contributed by atoms with Gasteiger partial charge in [-0.1, -0.05) is 17.9 Å². The minimum Gasteiger partial charge on any atom is -0.448 e. The number of carbonyl (C=O) groups excluding carboxylic acids is 3. The molecule has 3 amide bonds. The van der Waals surface area contributed by atoms with Gasteiger partial charge in [-0.25, -0.2) is 9.59 Å². The van der Waals surface area contributed by atoms with E-state index >= 15 is 0 Å². The first kappa shape index (κ1) is 27.5. The van der Waals surface area contributed by atoms with Crippen molar-refractivity contribution < 1.29 is 23.9 Å². The van der Waals surface area contributed by atoms with Crippen LogP contribution in [0.3, 0.4) is 0 Å². The average molecular weight is 564 g/mol. The molecule has 218 valence electrons. The van der Waals surface area contributed by atoms with Gasteiger partial charge in [-0.05, 0) is 63.6 Å². The third-order valence-electron chi connectivity index (χ3n) is 9.06. The van der Waals surface area contributed by atoms with E-state index in [2.05, 4.69) is 22.1 Å². The van der Waals surface area contributed by atoms with Gasteiger partial charge >= 0.3 is 11.8 Å². The van der Waals surface area contributed by atoms with E-state index in [4.69, 9.17) is 9.47 Å². The molecule has 11 heteroatoms. The summed E-state index contributed by atoms with van der Waals surface area (Å²) in [5.74, 6) is 5.40. The van der Waals surface area contributed by atoms with E-state index in [1.807, 2.05) is 6.07 Å². The van der Waals surface area contributed by atoms with E-state index in [1.165, 1.54) is 28.4 Å². The van der Waals surface area contributed by atoms with E-state index < -0.39 is 11.9 Å². The second kappa shape index (κ2) is 11.7. The molecule has 0 aliphatic carbocycles. The van der Waals surface area contributed by atoms with Gasteiger partial charge in [-0.2, -0.15) is 0 Å². The summed E-state index contributed by atoms with van der Waals surface area (Å²) in [5.41, 5.74) is 1.58. The number of hydrogen-bond acceptors (Lipinski definition) is 7. The topological polar surface area (TPSA) is 115 Å². The van der Waals surface area contributed by atoms with Crippen molar-refractivity contribution in [2.45, 2.75) is 75.6 Å². The van der Waals surface area contributed by atoms with Gasteiger partial charge in [0.15, 0.2) is 0 Å². The number of para-hydroxylation sites is 1. The van der Waals surface area contributed by atoms with Gasteiger partial charge in [-0.3, -0.25) is 28.9 Å². The Hall–Kier alpha value is -3.62. The fourth-order valence-corrected chi connectivity index (χ4v) is 6.90. The summed E-state index contributed by atoms with van der Waals surface area (Å²) >= 11 is 0. The highest BCUT2D eigenvalue weighted by atomic mass is 16.6. The fourth-order valence-electron chi connectivity index (χ4n) is 6.90. The summed E-state index contributed by atoms with van der Waals surface area (Å²) in [5, 5.41) is 2.33. The van der Waals surface area contributed by atoms with Crippen LogP contribution in [0.15, 0.2) is 23.0 Å². The minimum absolute atomic E-state index is 0.0160. The minimum atomic E-state index is -0.737. The highest BCUT2D eigenvalue weighted by molar-refractivity contribution is 6.00. The van der Waals surface area contributed by atoms with Gasteiger partial charge in [0.05, 0.1) is 22.7 Å². The SMILES string of the molecule is Cn1c(=O)n(C2CCC(=O)NC2=O)c2cccc(C#CCOC3CCN(C(=O)OC[C@@H]4CCC5CCCN54)CC3)c21. The van der Waals surface area contributed by atoms with Crippen molar-refractivity contribution in [1.29, 1.82) is 0 Å². The van der Waals surface area contributed by atoms with E-state index in [0.717, 1.165) is 25.8 Å². The lowest BCUT2D eigenvalue weighted by atomic mass is 10.1. The summed E-state index contributed by atoms with van der Waals surface area (Å²) in [6.07, 6.45) is 6.58. The molecule has 11 nitrogen and oxygen atoms in total. The molecule has 1 aromatic carbocycles. The third-order valence-corrected chi connectivity index (χ3v) is 9.06. The zero-order valence-corrected chi connectivity index (χ0v) is 23.5. The molecule has 4 aliphatic rings. The van der Waals surface area contributed by atoms with Crippen LogP contribution in [0.4, 0.5) is 4.79 Å². The maximum Gasteiger partial charge on any atom is 0.409 e. The van der Waals surface area contributed by atoms with Crippen LogP contribution in [-0.2, 0) is 26.1 Å². The molecule has 2 aromatic rings. The molecular formula is C30H37N5O6. The number of amides is 3. The number of rotatable bonds is 5. The lowest BCUT2D eigenvalue weighted by Gasteiger charge is -2.31. The van der Waals surface area contributed by atoms with Gasteiger partial charge in [0.1, 0.15) is 19.3 Å². The molecule has 1 N–H and O–H groups in total. The lowest BCUT2D eigenvalue weighted by molar-refractivity contribution is -0.135. The van der Waals surface area contributed by atoms with Crippen molar-refractivity contribution >= 4 is 28.9 Å². The third kappa shape index (κ3) is 5.51. The first-order valence-corrected chi connectivity index (χ1v) is 14.7. The summed E-state index contributed by atoms with van der Waals surface area (Å²) in [6, 6.07) is 5.75. The highest BCUT2D eigenvalue weighted by Crippen LogP contribution is 2.32. The second-order valence-corrected chi connectivity index (χ2v) is 11.5. The number of nitrogens with one attached hydrogen (secondary N) is 1. The molecule has 4 saturated heterocycles. The Labute approximate surface area is 238 Å². The molecule has 0 radical (unpaired) electrons. The molecule has 2 unspecified atom stereocenters. The quantitative estimate of drug-likeness (QED) is 0.437. The fraction of sp³-hybridized carbons (Fsp3) is 0.600. The number of aromatic nitrogens is 2. The first-order valence-electron chi connectivity index (χ1n) is 14.7. The van der Waals surface area contributed by atoms with Gasteiger partial charge in [-0.15, -0.1) is 0 Å². The van der Waals surface area contributed by atoms with Crippen LogP contribution < -0.4 is 11.0 Å². The normalized spacial score (nSPS) is 25.2. The monoisotopic (exact) mass is 563 g/mol. The predicted octanol–water partition coefficient (Wildman–Crippen LogP) is 1.91. The van der Waals surface area contributed by atoms with E-state index in [1.54, 1.807) is 24.1 Å². The zero-order chi connectivity index (χ0) is 28.5. The maximum atomic E-state index is 13.1. The first-order chi connectivity index (χ1) is 19.9. The summed E-state index contributed by atoms with van der Waals surface area (Å²) in [7, 11) is 1.66. The Kier molecular flexibility index (Phi) is 7.86. The molecule has 0 spiro atoms. The number of nitrogens with zero attached hydrogens (tertiary/aromatic N) is 4.